The van der Waals surface area contributed by atoms with Crippen LogP contribution >= 0.6 is 0 Å². The minimum atomic E-state index is 0.464. The molecule has 8 nitrogen and oxygen atoms in total. The molecule has 2 N–H and O–H groups in total. The monoisotopic (exact) mass is 446 g/mol. The lowest BCUT2D eigenvalue weighted by molar-refractivity contribution is 0.146. The highest BCUT2D eigenvalue weighted by molar-refractivity contribution is 6.00. The van der Waals surface area contributed by atoms with Crippen molar-refractivity contribution in [2.75, 3.05) is 46.2 Å². The van der Waals surface area contributed by atoms with Gasteiger partial charge in [-0.3, -0.25) is 0 Å². The Kier molecular flexibility index (Phi) is 6.11. The fraction of sp³-hybridized carbons (Fsp3) is 0.400. The smallest absolute Gasteiger partial charge is 0.163 e. The summed E-state index contributed by atoms with van der Waals surface area (Å²) in [5, 5.41) is 8.03. The molecule has 1 aliphatic heterocycles. The Labute approximate surface area is 193 Å². The largest absolute Gasteiger partial charge is 0.491 e. The topological polar surface area (TPSA) is 91.3 Å². The molecule has 0 spiro atoms. The Hall–Kier alpha value is -3.23. The second kappa shape index (κ2) is 9.33. The zero-order valence-electron chi connectivity index (χ0n) is 19.2. The number of anilines is 1. The highest BCUT2D eigenvalue weighted by Gasteiger charge is 2.22. The molecular formula is C25H30N6O2. The minimum absolute atomic E-state index is 0.464. The fourth-order valence-corrected chi connectivity index (χ4v) is 4.55. The Morgan fingerprint density at radius 2 is 1.82 bits per heavy atom. The summed E-state index contributed by atoms with van der Waals surface area (Å²) in [5.74, 6) is 1.88. The molecule has 0 amide bonds. The molecule has 172 valence electrons. The molecule has 0 unspecified atom stereocenters. The SMILES string of the molecule is COCCOc1ccc2cc(-c3nn(CC4CCN(C)CC4)c4ncnc(N)c34)ccc2c1. The third-order valence-electron chi connectivity index (χ3n) is 6.47. The number of benzene rings is 2. The normalized spacial score (nSPS) is 15.5. The molecule has 0 aliphatic carbocycles. The Morgan fingerprint density at radius 3 is 2.64 bits per heavy atom. The van der Waals surface area contributed by atoms with Crippen molar-refractivity contribution in [3.8, 4) is 17.0 Å². The van der Waals surface area contributed by atoms with Crippen LogP contribution in [0.2, 0.25) is 0 Å². The van der Waals surface area contributed by atoms with Crippen LogP contribution in [0, 0.1) is 5.92 Å². The molecule has 5 rings (SSSR count). The van der Waals surface area contributed by atoms with Crippen molar-refractivity contribution in [2.45, 2.75) is 19.4 Å². The number of nitrogens with zero attached hydrogens (tertiary/aromatic N) is 5. The molecule has 4 aromatic rings. The van der Waals surface area contributed by atoms with Crippen molar-refractivity contribution in [3.63, 3.8) is 0 Å². The lowest BCUT2D eigenvalue weighted by Gasteiger charge is -2.28. The molecule has 0 bridgehead atoms. The van der Waals surface area contributed by atoms with Gasteiger partial charge in [-0.2, -0.15) is 5.10 Å². The average molecular weight is 447 g/mol. The molecule has 1 fully saturated rings. The first kappa shape index (κ1) is 21.6. The second-order valence-electron chi connectivity index (χ2n) is 8.80. The predicted octanol–water partition coefficient (Wildman–Crippen LogP) is 3.60. The van der Waals surface area contributed by atoms with Crippen LogP contribution in [-0.4, -0.2) is 65.1 Å². The van der Waals surface area contributed by atoms with Crippen LogP contribution in [0.5, 0.6) is 5.75 Å². The molecule has 33 heavy (non-hydrogen) atoms. The number of nitrogen functional groups attached to an aromatic ring is 1. The van der Waals surface area contributed by atoms with Gasteiger partial charge in [0.2, 0.25) is 0 Å². The van der Waals surface area contributed by atoms with Crippen LogP contribution in [0.15, 0.2) is 42.7 Å². The Bertz CT molecular complexity index is 1260. The zero-order valence-corrected chi connectivity index (χ0v) is 19.2. The summed E-state index contributed by atoms with van der Waals surface area (Å²) in [6.07, 6.45) is 3.86. The van der Waals surface area contributed by atoms with Crippen molar-refractivity contribution >= 4 is 27.6 Å². The van der Waals surface area contributed by atoms with Crippen LogP contribution < -0.4 is 10.5 Å². The third kappa shape index (κ3) is 4.49. The number of aromatic nitrogens is 4. The van der Waals surface area contributed by atoms with E-state index in [0.29, 0.717) is 24.9 Å². The number of methoxy groups -OCH3 is 1. The van der Waals surface area contributed by atoms with Crippen LogP contribution in [0.1, 0.15) is 12.8 Å². The summed E-state index contributed by atoms with van der Waals surface area (Å²) in [6.45, 7) is 4.18. The second-order valence-corrected chi connectivity index (χ2v) is 8.80. The summed E-state index contributed by atoms with van der Waals surface area (Å²) in [7, 11) is 3.85. The van der Waals surface area contributed by atoms with Crippen molar-refractivity contribution in [3.05, 3.63) is 42.7 Å². The van der Waals surface area contributed by atoms with Crippen LogP contribution in [0.25, 0.3) is 33.1 Å². The number of likely N-dealkylation sites (tertiary alicyclic amines) is 1. The van der Waals surface area contributed by atoms with Gasteiger partial charge < -0.3 is 20.1 Å². The van der Waals surface area contributed by atoms with E-state index in [2.05, 4.69) is 46.2 Å². The predicted molar refractivity (Wildman–Crippen MR) is 130 cm³/mol. The van der Waals surface area contributed by atoms with Gasteiger partial charge in [-0.15, -0.1) is 0 Å². The fourth-order valence-electron chi connectivity index (χ4n) is 4.55. The summed E-state index contributed by atoms with van der Waals surface area (Å²) in [5.41, 5.74) is 8.95. The number of hydrogen-bond acceptors (Lipinski definition) is 7. The summed E-state index contributed by atoms with van der Waals surface area (Å²) >= 11 is 0. The Balaban J connectivity index is 1.49. The maximum Gasteiger partial charge on any atom is 0.163 e. The van der Waals surface area contributed by atoms with E-state index in [4.69, 9.17) is 20.3 Å². The maximum atomic E-state index is 6.31. The quantitative estimate of drug-likeness (QED) is 0.434. The highest BCUT2D eigenvalue weighted by atomic mass is 16.5. The Morgan fingerprint density at radius 1 is 1.03 bits per heavy atom. The maximum absolute atomic E-state index is 6.31. The molecular weight excluding hydrogens is 416 g/mol. The van der Waals surface area contributed by atoms with Crippen LogP contribution in [-0.2, 0) is 11.3 Å². The first-order valence-electron chi connectivity index (χ1n) is 11.4. The van der Waals surface area contributed by atoms with Gasteiger partial charge in [-0.1, -0.05) is 18.2 Å². The van der Waals surface area contributed by atoms with Crippen molar-refractivity contribution < 1.29 is 9.47 Å². The molecule has 2 aromatic carbocycles. The number of fused-ring (bicyclic) bond motifs is 2. The van der Waals surface area contributed by atoms with E-state index in [1.54, 1.807) is 7.11 Å². The first-order valence-corrected chi connectivity index (χ1v) is 11.4. The minimum Gasteiger partial charge on any atom is -0.491 e. The molecule has 0 saturated carbocycles. The van der Waals surface area contributed by atoms with Crippen molar-refractivity contribution in [1.82, 2.24) is 24.6 Å². The van der Waals surface area contributed by atoms with Gasteiger partial charge in [0.15, 0.2) is 5.65 Å². The van der Waals surface area contributed by atoms with E-state index in [0.717, 1.165) is 58.4 Å². The average Bonchev–Trinajstić information content (AvgIpc) is 3.20. The number of piperidine rings is 1. The number of hydrogen-bond donors (Lipinski definition) is 1. The lowest BCUT2D eigenvalue weighted by Crippen LogP contribution is -2.32. The van der Waals surface area contributed by atoms with E-state index < -0.39 is 0 Å². The number of ether oxygens (including phenoxy) is 2. The van der Waals surface area contributed by atoms with E-state index in [9.17, 15) is 0 Å². The molecule has 1 saturated heterocycles. The summed E-state index contributed by atoms with van der Waals surface area (Å²) in [4.78, 5) is 11.2. The molecule has 0 radical (unpaired) electrons. The van der Waals surface area contributed by atoms with Crippen molar-refractivity contribution in [1.29, 1.82) is 0 Å². The zero-order chi connectivity index (χ0) is 22.8. The van der Waals surface area contributed by atoms with Crippen LogP contribution in [0.4, 0.5) is 5.82 Å². The van der Waals surface area contributed by atoms with Gasteiger partial charge in [-0.05, 0) is 67.9 Å². The number of nitrogens with two attached hydrogens (primary N) is 1. The first-order chi connectivity index (χ1) is 16.1. The van der Waals surface area contributed by atoms with Gasteiger partial charge in [0.05, 0.1) is 12.0 Å². The van der Waals surface area contributed by atoms with Gasteiger partial charge in [-0.25, -0.2) is 14.6 Å². The third-order valence-corrected chi connectivity index (χ3v) is 6.47. The molecule has 0 atom stereocenters. The number of rotatable bonds is 7. The van der Waals surface area contributed by atoms with Gasteiger partial charge in [0, 0.05) is 19.2 Å². The van der Waals surface area contributed by atoms with E-state index in [1.165, 1.54) is 19.2 Å². The highest BCUT2D eigenvalue weighted by Crippen LogP contribution is 2.33. The molecule has 2 aromatic heterocycles. The van der Waals surface area contributed by atoms with Gasteiger partial charge >= 0.3 is 0 Å². The van der Waals surface area contributed by atoms with E-state index in [1.807, 2.05) is 16.8 Å². The van der Waals surface area contributed by atoms with E-state index in [-0.39, 0.29) is 0 Å². The standard InChI is InChI=1S/C25H30N6O2/c1-30-9-7-17(8-10-30)15-31-25-22(24(26)27-16-28-25)23(29-31)20-4-3-19-14-21(33-12-11-32-2)6-5-18(19)13-20/h3-6,13-14,16-17H,7-12,15H2,1-2H3,(H2,26,27,28). The summed E-state index contributed by atoms with van der Waals surface area (Å²) < 4.78 is 12.8. The van der Waals surface area contributed by atoms with Gasteiger partial charge in [0.1, 0.15) is 30.2 Å². The van der Waals surface area contributed by atoms with Gasteiger partial charge in [0.25, 0.3) is 0 Å². The molecule has 3 heterocycles. The van der Waals surface area contributed by atoms with Crippen LogP contribution in [0.3, 0.4) is 0 Å². The van der Waals surface area contributed by atoms with Crippen molar-refractivity contribution in [2.24, 2.45) is 5.92 Å². The molecule has 8 heteroatoms. The lowest BCUT2D eigenvalue weighted by atomic mass is 9.97. The molecule has 1 aliphatic rings. The van der Waals surface area contributed by atoms with E-state index >= 15 is 0 Å². The summed E-state index contributed by atoms with van der Waals surface area (Å²) in [6, 6.07) is 12.4.